The van der Waals surface area contributed by atoms with Crippen molar-refractivity contribution < 1.29 is 8.42 Å². The summed E-state index contributed by atoms with van der Waals surface area (Å²) in [6.07, 6.45) is 3.81. The van der Waals surface area contributed by atoms with Crippen LogP contribution in [-0.2, 0) is 10.0 Å². The molecule has 0 radical (unpaired) electrons. The highest BCUT2D eigenvalue weighted by Crippen LogP contribution is 2.28. The molecular formula is C12H26N2O2S. The summed E-state index contributed by atoms with van der Waals surface area (Å²) in [4.78, 5) is 0. The molecule has 0 aromatic carbocycles. The van der Waals surface area contributed by atoms with Crippen LogP contribution in [0.3, 0.4) is 0 Å². The maximum Gasteiger partial charge on any atom is 0.214 e. The summed E-state index contributed by atoms with van der Waals surface area (Å²) in [7, 11) is 0.106. The number of sulfonamides is 1. The van der Waals surface area contributed by atoms with Crippen LogP contribution >= 0.6 is 0 Å². The third-order valence-corrected chi connectivity index (χ3v) is 5.67. The summed E-state index contributed by atoms with van der Waals surface area (Å²) in [5, 5.41) is 3.43. The first-order valence-electron chi connectivity index (χ1n) is 6.48. The van der Waals surface area contributed by atoms with Gasteiger partial charge in [-0.25, -0.2) is 12.7 Å². The average Bonchev–Trinajstić information content (AvgIpc) is 2.22. The van der Waals surface area contributed by atoms with Crippen molar-refractivity contribution in [3.63, 3.8) is 0 Å². The second kappa shape index (κ2) is 6.16. The Morgan fingerprint density at radius 3 is 2.18 bits per heavy atom. The van der Waals surface area contributed by atoms with Crippen LogP contribution in [0.2, 0.25) is 0 Å². The van der Waals surface area contributed by atoms with Gasteiger partial charge in [-0.05, 0) is 24.7 Å². The number of nitrogens with one attached hydrogen (secondary N) is 1. The van der Waals surface area contributed by atoms with Gasteiger partial charge in [-0.1, -0.05) is 20.3 Å². The average molecular weight is 262 g/mol. The topological polar surface area (TPSA) is 49.4 Å². The van der Waals surface area contributed by atoms with Gasteiger partial charge in [0.25, 0.3) is 0 Å². The third-order valence-electron chi connectivity index (χ3n) is 3.84. The van der Waals surface area contributed by atoms with E-state index in [2.05, 4.69) is 19.2 Å². The fraction of sp³-hybridized carbons (Fsp3) is 1.00. The molecule has 2 unspecified atom stereocenters. The van der Waals surface area contributed by atoms with E-state index in [-0.39, 0.29) is 5.75 Å². The van der Waals surface area contributed by atoms with Crippen molar-refractivity contribution in [2.45, 2.75) is 39.2 Å². The predicted octanol–water partition coefficient (Wildman–Crippen LogP) is 1.29. The molecule has 0 heterocycles. The molecule has 1 rings (SSSR count). The van der Waals surface area contributed by atoms with E-state index in [4.69, 9.17) is 0 Å². The van der Waals surface area contributed by atoms with Crippen molar-refractivity contribution in [3.05, 3.63) is 0 Å². The molecule has 0 aromatic heterocycles. The van der Waals surface area contributed by atoms with E-state index >= 15 is 0 Å². The maximum atomic E-state index is 11.6. The normalized spacial score (nSPS) is 30.8. The zero-order chi connectivity index (χ0) is 13.1. The Morgan fingerprint density at radius 2 is 1.71 bits per heavy atom. The first kappa shape index (κ1) is 14.9. The molecule has 1 aliphatic carbocycles. The highest BCUT2D eigenvalue weighted by Gasteiger charge is 2.27. The molecule has 0 aliphatic heterocycles. The summed E-state index contributed by atoms with van der Waals surface area (Å²) >= 11 is 0. The van der Waals surface area contributed by atoms with Gasteiger partial charge in [0.05, 0.1) is 5.75 Å². The van der Waals surface area contributed by atoms with Gasteiger partial charge < -0.3 is 5.32 Å². The van der Waals surface area contributed by atoms with E-state index in [1.165, 1.54) is 23.6 Å². The SMILES string of the molecule is CC1CCCC(C)C1NCCS(=O)(=O)N(C)C. The van der Waals surface area contributed by atoms with Crippen molar-refractivity contribution in [3.8, 4) is 0 Å². The van der Waals surface area contributed by atoms with Gasteiger partial charge in [0.15, 0.2) is 0 Å². The fourth-order valence-electron chi connectivity index (χ4n) is 2.62. The molecule has 1 aliphatic rings. The predicted molar refractivity (Wildman–Crippen MR) is 71.4 cm³/mol. The van der Waals surface area contributed by atoms with E-state index in [9.17, 15) is 8.42 Å². The van der Waals surface area contributed by atoms with Gasteiger partial charge >= 0.3 is 0 Å². The van der Waals surface area contributed by atoms with Crippen LogP contribution in [0.5, 0.6) is 0 Å². The van der Waals surface area contributed by atoms with Crippen molar-refractivity contribution in [1.82, 2.24) is 9.62 Å². The first-order valence-corrected chi connectivity index (χ1v) is 8.09. The molecule has 4 nitrogen and oxygen atoms in total. The molecule has 0 bridgehead atoms. The maximum absolute atomic E-state index is 11.6. The summed E-state index contributed by atoms with van der Waals surface area (Å²) in [6, 6.07) is 0.473. The van der Waals surface area contributed by atoms with E-state index in [1.807, 2.05) is 0 Å². The second-order valence-corrected chi connectivity index (χ2v) is 7.77. The number of hydrogen-bond donors (Lipinski definition) is 1. The lowest BCUT2D eigenvalue weighted by molar-refractivity contribution is 0.212. The largest absolute Gasteiger partial charge is 0.312 e. The zero-order valence-electron chi connectivity index (χ0n) is 11.4. The Hall–Kier alpha value is -0.130. The minimum Gasteiger partial charge on any atom is -0.312 e. The number of nitrogens with zero attached hydrogens (tertiary/aromatic N) is 1. The fourth-order valence-corrected chi connectivity index (χ4v) is 3.36. The molecule has 0 saturated heterocycles. The molecule has 17 heavy (non-hydrogen) atoms. The Kier molecular flexibility index (Phi) is 5.41. The van der Waals surface area contributed by atoms with Gasteiger partial charge in [0, 0.05) is 26.7 Å². The van der Waals surface area contributed by atoms with Crippen molar-refractivity contribution in [2.24, 2.45) is 11.8 Å². The summed E-state index contributed by atoms with van der Waals surface area (Å²) < 4.78 is 24.5. The molecule has 1 saturated carbocycles. The number of rotatable bonds is 5. The monoisotopic (exact) mass is 262 g/mol. The molecule has 0 aromatic rings. The van der Waals surface area contributed by atoms with Gasteiger partial charge in [-0.15, -0.1) is 0 Å². The van der Waals surface area contributed by atoms with E-state index in [1.54, 1.807) is 14.1 Å². The third kappa shape index (κ3) is 4.23. The lowest BCUT2D eigenvalue weighted by Gasteiger charge is -2.35. The summed E-state index contributed by atoms with van der Waals surface area (Å²) in [6.45, 7) is 5.07. The molecular weight excluding hydrogens is 236 g/mol. The molecule has 2 atom stereocenters. The van der Waals surface area contributed by atoms with Crippen molar-refractivity contribution >= 4 is 10.0 Å². The van der Waals surface area contributed by atoms with Crippen LogP contribution in [0, 0.1) is 11.8 Å². The van der Waals surface area contributed by atoms with Gasteiger partial charge in [-0.3, -0.25) is 0 Å². The lowest BCUT2D eigenvalue weighted by atomic mass is 9.79. The standard InChI is InChI=1S/C12H26N2O2S/c1-10-6-5-7-11(2)12(10)13-8-9-17(15,16)14(3)4/h10-13H,5-9H2,1-4H3. The Morgan fingerprint density at radius 1 is 1.18 bits per heavy atom. The highest BCUT2D eigenvalue weighted by molar-refractivity contribution is 7.89. The van der Waals surface area contributed by atoms with Crippen molar-refractivity contribution in [1.29, 1.82) is 0 Å². The minimum atomic E-state index is -3.06. The molecule has 0 amide bonds. The van der Waals surface area contributed by atoms with E-state index < -0.39 is 10.0 Å². The summed E-state index contributed by atoms with van der Waals surface area (Å²) in [5.41, 5.74) is 0. The smallest absolute Gasteiger partial charge is 0.214 e. The molecule has 0 spiro atoms. The molecule has 1 N–H and O–H groups in total. The Bertz CT molecular complexity index is 317. The van der Waals surface area contributed by atoms with Gasteiger partial charge in [0.1, 0.15) is 0 Å². The van der Waals surface area contributed by atoms with Gasteiger partial charge in [-0.2, -0.15) is 0 Å². The van der Waals surface area contributed by atoms with E-state index in [0.29, 0.717) is 24.4 Å². The van der Waals surface area contributed by atoms with Crippen molar-refractivity contribution in [2.75, 3.05) is 26.4 Å². The lowest BCUT2D eigenvalue weighted by Crippen LogP contribution is -2.45. The quantitative estimate of drug-likeness (QED) is 0.812. The van der Waals surface area contributed by atoms with Gasteiger partial charge in [0.2, 0.25) is 10.0 Å². The highest BCUT2D eigenvalue weighted by atomic mass is 32.2. The Balaban J connectivity index is 2.40. The van der Waals surface area contributed by atoms with Crippen LogP contribution < -0.4 is 5.32 Å². The Labute approximate surface area is 106 Å². The zero-order valence-corrected chi connectivity index (χ0v) is 12.3. The van der Waals surface area contributed by atoms with Crippen LogP contribution in [-0.4, -0.2) is 45.2 Å². The second-order valence-electron chi connectivity index (χ2n) is 5.46. The van der Waals surface area contributed by atoms with Crippen LogP contribution in [0.4, 0.5) is 0 Å². The molecule has 1 fully saturated rings. The number of hydrogen-bond acceptors (Lipinski definition) is 3. The minimum absolute atomic E-state index is 0.190. The van der Waals surface area contributed by atoms with Crippen LogP contribution in [0.1, 0.15) is 33.1 Å². The summed E-state index contributed by atoms with van der Waals surface area (Å²) in [5.74, 6) is 1.50. The first-order chi connectivity index (χ1) is 7.84. The van der Waals surface area contributed by atoms with Crippen LogP contribution in [0.15, 0.2) is 0 Å². The van der Waals surface area contributed by atoms with Crippen LogP contribution in [0.25, 0.3) is 0 Å². The van der Waals surface area contributed by atoms with E-state index in [0.717, 1.165) is 0 Å². The molecule has 102 valence electrons. The molecule has 5 heteroatoms.